The SMILES string of the molecule is C[N+](C)(C)CCCNc1cc(N)ccc1N. The van der Waals surface area contributed by atoms with Crippen molar-refractivity contribution in [2.75, 3.05) is 51.0 Å². The molecule has 1 aromatic rings. The first-order valence-corrected chi connectivity index (χ1v) is 5.58. The second-order valence-electron chi connectivity index (χ2n) is 5.14. The lowest BCUT2D eigenvalue weighted by molar-refractivity contribution is -0.870. The maximum absolute atomic E-state index is 5.84. The molecular weight excluding hydrogens is 200 g/mol. The van der Waals surface area contributed by atoms with Crippen LogP contribution in [0.4, 0.5) is 17.1 Å². The standard InChI is InChI=1S/C12H23N4/c1-16(2,3)8-4-7-15-12-9-10(13)5-6-11(12)14/h5-6,9,15H,4,7-8,13-14H2,1-3H3/q+1. The molecule has 0 spiro atoms. The summed E-state index contributed by atoms with van der Waals surface area (Å²) in [4.78, 5) is 0. The largest absolute Gasteiger partial charge is 0.399 e. The van der Waals surface area contributed by atoms with E-state index in [1.165, 1.54) is 0 Å². The smallest absolute Gasteiger partial charge is 0.0797 e. The summed E-state index contributed by atoms with van der Waals surface area (Å²) >= 11 is 0. The van der Waals surface area contributed by atoms with Crippen molar-refractivity contribution in [1.82, 2.24) is 0 Å². The number of nitrogens with one attached hydrogen (secondary N) is 1. The molecular formula is C12H23N4+. The Labute approximate surface area is 97.8 Å². The minimum Gasteiger partial charge on any atom is -0.399 e. The Morgan fingerprint density at radius 3 is 2.50 bits per heavy atom. The van der Waals surface area contributed by atoms with Gasteiger partial charge in [-0.1, -0.05) is 0 Å². The van der Waals surface area contributed by atoms with Crippen molar-refractivity contribution in [2.45, 2.75) is 6.42 Å². The van der Waals surface area contributed by atoms with Gasteiger partial charge in [0.1, 0.15) is 0 Å². The molecule has 0 aliphatic rings. The molecule has 0 fully saturated rings. The number of quaternary nitrogens is 1. The Morgan fingerprint density at radius 1 is 1.19 bits per heavy atom. The molecule has 4 nitrogen and oxygen atoms in total. The summed E-state index contributed by atoms with van der Waals surface area (Å²) in [6.07, 6.45) is 1.11. The lowest BCUT2D eigenvalue weighted by atomic mass is 10.2. The van der Waals surface area contributed by atoms with E-state index in [0.717, 1.165) is 41.1 Å². The number of rotatable bonds is 5. The summed E-state index contributed by atoms with van der Waals surface area (Å²) in [7, 11) is 6.57. The van der Waals surface area contributed by atoms with E-state index in [4.69, 9.17) is 11.5 Å². The molecule has 0 unspecified atom stereocenters. The van der Waals surface area contributed by atoms with Crippen LogP contribution in [0, 0.1) is 0 Å². The zero-order valence-corrected chi connectivity index (χ0v) is 10.5. The van der Waals surface area contributed by atoms with E-state index in [9.17, 15) is 0 Å². The molecule has 1 aromatic carbocycles. The average Bonchev–Trinajstić information content (AvgIpc) is 2.16. The number of hydrogen-bond acceptors (Lipinski definition) is 3. The molecule has 0 bridgehead atoms. The van der Waals surface area contributed by atoms with Gasteiger partial charge in [-0.25, -0.2) is 0 Å². The van der Waals surface area contributed by atoms with Crippen LogP contribution in [0.25, 0.3) is 0 Å². The van der Waals surface area contributed by atoms with Crippen LogP contribution in [-0.4, -0.2) is 38.7 Å². The summed E-state index contributed by atoms with van der Waals surface area (Å²) in [5, 5.41) is 3.31. The lowest BCUT2D eigenvalue weighted by Gasteiger charge is -2.23. The molecule has 1 rings (SSSR count). The second kappa shape index (κ2) is 5.07. The van der Waals surface area contributed by atoms with Gasteiger partial charge < -0.3 is 21.3 Å². The molecule has 0 heterocycles. The normalized spacial score (nSPS) is 11.4. The van der Waals surface area contributed by atoms with Gasteiger partial charge in [-0.05, 0) is 18.2 Å². The topological polar surface area (TPSA) is 64.1 Å². The van der Waals surface area contributed by atoms with Gasteiger partial charge in [0.15, 0.2) is 0 Å². The fraction of sp³-hybridized carbons (Fsp3) is 0.500. The van der Waals surface area contributed by atoms with E-state index < -0.39 is 0 Å². The summed E-state index contributed by atoms with van der Waals surface area (Å²) in [6, 6.07) is 5.52. The highest BCUT2D eigenvalue weighted by molar-refractivity contribution is 5.70. The molecule has 0 saturated heterocycles. The number of hydrogen-bond donors (Lipinski definition) is 3. The average molecular weight is 223 g/mol. The fourth-order valence-corrected chi connectivity index (χ4v) is 1.50. The molecule has 90 valence electrons. The Hall–Kier alpha value is -1.42. The van der Waals surface area contributed by atoms with Crippen LogP contribution in [0.5, 0.6) is 0 Å². The number of benzene rings is 1. The molecule has 5 N–H and O–H groups in total. The Morgan fingerprint density at radius 2 is 1.88 bits per heavy atom. The third kappa shape index (κ3) is 4.40. The third-order valence-corrected chi connectivity index (χ3v) is 2.40. The van der Waals surface area contributed by atoms with Crippen molar-refractivity contribution >= 4 is 17.1 Å². The van der Waals surface area contributed by atoms with Gasteiger partial charge in [0, 0.05) is 18.7 Å². The van der Waals surface area contributed by atoms with Crippen molar-refractivity contribution in [3.05, 3.63) is 18.2 Å². The predicted molar refractivity (Wildman–Crippen MR) is 71.3 cm³/mol. The van der Waals surface area contributed by atoms with Gasteiger partial charge in [-0.3, -0.25) is 0 Å². The first kappa shape index (κ1) is 12.6. The van der Waals surface area contributed by atoms with Crippen LogP contribution in [0.2, 0.25) is 0 Å². The Balaban J connectivity index is 2.40. The van der Waals surface area contributed by atoms with Crippen LogP contribution in [0.15, 0.2) is 18.2 Å². The van der Waals surface area contributed by atoms with Crippen molar-refractivity contribution in [1.29, 1.82) is 0 Å². The number of anilines is 3. The van der Waals surface area contributed by atoms with Crippen molar-refractivity contribution in [2.24, 2.45) is 0 Å². The Bertz CT molecular complexity index is 341. The van der Waals surface area contributed by atoms with Crippen LogP contribution < -0.4 is 16.8 Å². The van der Waals surface area contributed by atoms with E-state index >= 15 is 0 Å². The minimum absolute atomic E-state index is 0.739. The first-order valence-electron chi connectivity index (χ1n) is 5.58. The highest BCUT2D eigenvalue weighted by Gasteiger charge is 2.05. The monoisotopic (exact) mass is 223 g/mol. The number of nitrogens with zero attached hydrogens (tertiary/aromatic N) is 1. The summed E-state index contributed by atoms with van der Waals surface area (Å²) in [5.41, 5.74) is 14.0. The molecule has 0 aromatic heterocycles. The number of nitrogen functional groups attached to an aromatic ring is 2. The summed E-state index contributed by atoms with van der Waals surface area (Å²) < 4.78 is 0.980. The molecule has 0 saturated carbocycles. The van der Waals surface area contributed by atoms with E-state index in [-0.39, 0.29) is 0 Å². The second-order valence-corrected chi connectivity index (χ2v) is 5.14. The lowest BCUT2D eigenvalue weighted by Crippen LogP contribution is -2.36. The van der Waals surface area contributed by atoms with Crippen LogP contribution >= 0.6 is 0 Å². The molecule has 0 atom stereocenters. The molecule has 16 heavy (non-hydrogen) atoms. The van der Waals surface area contributed by atoms with Gasteiger partial charge in [-0.2, -0.15) is 0 Å². The zero-order chi connectivity index (χ0) is 12.2. The Kier molecular flexibility index (Phi) is 4.01. The van der Waals surface area contributed by atoms with Gasteiger partial charge in [-0.15, -0.1) is 0 Å². The first-order chi connectivity index (χ1) is 7.38. The third-order valence-electron chi connectivity index (χ3n) is 2.40. The van der Waals surface area contributed by atoms with E-state index in [0.29, 0.717) is 0 Å². The predicted octanol–water partition coefficient (Wildman–Crippen LogP) is 1.36. The van der Waals surface area contributed by atoms with Crippen molar-refractivity contribution in [3.8, 4) is 0 Å². The van der Waals surface area contributed by atoms with Gasteiger partial charge in [0.05, 0.1) is 39.1 Å². The minimum atomic E-state index is 0.739. The summed E-state index contributed by atoms with van der Waals surface area (Å²) in [5.74, 6) is 0. The maximum atomic E-state index is 5.84. The van der Waals surface area contributed by atoms with Crippen molar-refractivity contribution < 1.29 is 4.48 Å². The quantitative estimate of drug-likeness (QED) is 0.401. The molecule has 0 aliphatic carbocycles. The fourth-order valence-electron chi connectivity index (χ4n) is 1.50. The maximum Gasteiger partial charge on any atom is 0.0797 e. The highest BCUT2D eigenvalue weighted by atomic mass is 15.3. The molecule has 4 heteroatoms. The van der Waals surface area contributed by atoms with Gasteiger partial charge >= 0.3 is 0 Å². The van der Waals surface area contributed by atoms with Crippen LogP contribution in [0.3, 0.4) is 0 Å². The van der Waals surface area contributed by atoms with E-state index in [1.54, 1.807) is 0 Å². The summed E-state index contributed by atoms with van der Waals surface area (Å²) in [6.45, 7) is 2.05. The van der Waals surface area contributed by atoms with Gasteiger partial charge in [0.2, 0.25) is 0 Å². The number of nitrogens with two attached hydrogens (primary N) is 2. The van der Waals surface area contributed by atoms with Crippen LogP contribution in [0.1, 0.15) is 6.42 Å². The highest BCUT2D eigenvalue weighted by Crippen LogP contribution is 2.20. The molecule has 0 amide bonds. The van der Waals surface area contributed by atoms with Gasteiger partial charge in [0.25, 0.3) is 0 Å². The van der Waals surface area contributed by atoms with E-state index in [1.807, 2.05) is 18.2 Å². The zero-order valence-electron chi connectivity index (χ0n) is 10.5. The molecule has 0 radical (unpaired) electrons. The molecule has 0 aliphatic heterocycles. The van der Waals surface area contributed by atoms with E-state index in [2.05, 4.69) is 26.5 Å². The van der Waals surface area contributed by atoms with Crippen LogP contribution in [-0.2, 0) is 0 Å². The van der Waals surface area contributed by atoms with Crippen molar-refractivity contribution in [3.63, 3.8) is 0 Å².